The molecular formula is C12H20N4O2S. The van der Waals surface area contributed by atoms with E-state index in [2.05, 4.69) is 29.1 Å². The highest BCUT2D eigenvalue weighted by molar-refractivity contribution is 7.99. The maximum absolute atomic E-state index is 11.2. The van der Waals surface area contributed by atoms with Crippen LogP contribution in [0.5, 0.6) is 0 Å². The summed E-state index contributed by atoms with van der Waals surface area (Å²) in [5, 5.41) is 14.6. The predicted octanol–water partition coefficient (Wildman–Crippen LogP) is 3.34. The number of rotatable bonds is 8. The van der Waals surface area contributed by atoms with Crippen molar-refractivity contribution in [2.75, 3.05) is 17.6 Å². The van der Waals surface area contributed by atoms with E-state index in [1.807, 2.05) is 6.92 Å². The van der Waals surface area contributed by atoms with Gasteiger partial charge in [-0.2, -0.15) is 0 Å². The minimum absolute atomic E-state index is 0.00953. The molecular weight excluding hydrogens is 264 g/mol. The number of nitrogens with zero attached hydrogens (tertiary/aromatic N) is 3. The van der Waals surface area contributed by atoms with Crippen molar-refractivity contribution in [2.24, 2.45) is 5.92 Å². The fourth-order valence-corrected chi connectivity index (χ4v) is 2.61. The summed E-state index contributed by atoms with van der Waals surface area (Å²) in [6, 6.07) is 0. The fraction of sp³-hybridized carbons (Fsp3) is 0.667. The van der Waals surface area contributed by atoms with Gasteiger partial charge in [0.2, 0.25) is 5.82 Å². The van der Waals surface area contributed by atoms with Gasteiger partial charge in [0.15, 0.2) is 5.03 Å². The van der Waals surface area contributed by atoms with E-state index in [-0.39, 0.29) is 5.69 Å². The Hall–Kier alpha value is -1.37. The third-order valence-electron chi connectivity index (χ3n) is 2.45. The molecule has 0 spiro atoms. The molecule has 0 aromatic carbocycles. The van der Waals surface area contributed by atoms with Crippen LogP contribution in [-0.2, 0) is 0 Å². The molecule has 19 heavy (non-hydrogen) atoms. The standard InChI is InChI=1S/C12H20N4O2S/c1-4-6-13-11-10(16(17)18)12(15-8-14-11)19-7-5-9(2)3/h8-9H,4-7H2,1-3H3,(H,13,14,15). The van der Waals surface area contributed by atoms with Gasteiger partial charge in [-0.3, -0.25) is 10.1 Å². The lowest BCUT2D eigenvalue weighted by Crippen LogP contribution is -2.07. The molecule has 0 radical (unpaired) electrons. The lowest BCUT2D eigenvalue weighted by molar-refractivity contribution is -0.387. The van der Waals surface area contributed by atoms with Gasteiger partial charge in [-0.1, -0.05) is 32.5 Å². The Kier molecular flexibility index (Phi) is 6.55. The molecule has 0 aliphatic heterocycles. The first-order valence-electron chi connectivity index (χ1n) is 6.42. The van der Waals surface area contributed by atoms with E-state index in [1.165, 1.54) is 18.1 Å². The summed E-state index contributed by atoms with van der Waals surface area (Å²) < 4.78 is 0. The summed E-state index contributed by atoms with van der Waals surface area (Å²) in [6.07, 6.45) is 3.27. The van der Waals surface area contributed by atoms with Crippen molar-refractivity contribution in [1.29, 1.82) is 0 Å². The monoisotopic (exact) mass is 284 g/mol. The first-order chi connectivity index (χ1) is 9.06. The topological polar surface area (TPSA) is 81.0 Å². The molecule has 0 amide bonds. The highest BCUT2D eigenvalue weighted by Crippen LogP contribution is 2.32. The Morgan fingerprint density at radius 2 is 2.21 bits per heavy atom. The van der Waals surface area contributed by atoms with Crippen molar-refractivity contribution >= 4 is 23.3 Å². The van der Waals surface area contributed by atoms with Crippen molar-refractivity contribution in [1.82, 2.24) is 9.97 Å². The molecule has 0 atom stereocenters. The summed E-state index contributed by atoms with van der Waals surface area (Å²) in [7, 11) is 0. The number of thioether (sulfide) groups is 1. The summed E-state index contributed by atoms with van der Waals surface area (Å²) in [6.45, 7) is 6.92. The van der Waals surface area contributed by atoms with Crippen LogP contribution in [0.2, 0.25) is 0 Å². The molecule has 1 N–H and O–H groups in total. The average molecular weight is 284 g/mol. The second-order valence-corrected chi connectivity index (χ2v) is 5.67. The van der Waals surface area contributed by atoms with Crippen LogP contribution >= 0.6 is 11.8 Å². The summed E-state index contributed by atoms with van der Waals surface area (Å²) in [4.78, 5) is 18.8. The Morgan fingerprint density at radius 1 is 1.47 bits per heavy atom. The number of anilines is 1. The minimum Gasteiger partial charge on any atom is -0.364 e. The van der Waals surface area contributed by atoms with Crippen LogP contribution in [0.15, 0.2) is 11.4 Å². The highest BCUT2D eigenvalue weighted by atomic mass is 32.2. The summed E-state index contributed by atoms with van der Waals surface area (Å²) >= 11 is 1.42. The lowest BCUT2D eigenvalue weighted by Gasteiger charge is -2.08. The van der Waals surface area contributed by atoms with Gasteiger partial charge in [0.1, 0.15) is 6.33 Å². The van der Waals surface area contributed by atoms with Gasteiger partial charge in [0.05, 0.1) is 4.92 Å². The van der Waals surface area contributed by atoms with Crippen LogP contribution in [0.25, 0.3) is 0 Å². The second-order valence-electron chi connectivity index (χ2n) is 4.59. The van der Waals surface area contributed by atoms with Gasteiger partial charge in [-0.25, -0.2) is 9.97 Å². The van der Waals surface area contributed by atoms with Crippen LogP contribution in [0, 0.1) is 16.0 Å². The van der Waals surface area contributed by atoms with Crippen LogP contribution in [0.4, 0.5) is 11.5 Å². The van der Waals surface area contributed by atoms with Gasteiger partial charge >= 0.3 is 5.69 Å². The van der Waals surface area contributed by atoms with Crippen molar-refractivity contribution in [3.8, 4) is 0 Å². The van der Waals surface area contributed by atoms with Gasteiger partial charge < -0.3 is 5.32 Å². The largest absolute Gasteiger partial charge is 0.364 e. The zero-order valence-electron chi connectivity index (χ0n) is 11.5. The molecule has 0 aliphatic carbocycles. The van der Waals surface area contributed by atoms with E-state index in [4.69, 9.17) is 0 Å². The average Bonchev–Trinajstić information content (AvgIpc) is 2.35. The number of aromatic nitrogens is 2. The van der Waals surface area contributed by atoms with Gasteiger partial charge in [0.25, 0.3) is 0 Å². The van der Waals surface area contributed by atoms with E-state index < -0.39 is 4.92 Å². The van der Waals surface area contributed by atoms with Gasteiger partial charge in [0, 0.05) is 6.54 Å². The maximum Gasteiger partial charge on any atom is 0.343 e. The molecule has 1 aromatic heterocycles. The summed E-state index contributed by atoms with van der Waals surface area (Å²) in [5.74, 6) is 1.71. The van der Waals surface area contributed by atoms with E-state index >= 15 is 0 Å². The number of hydrogen-bond donors (Lipinski definition) is 1. The van der Waals surface area contributed by atoms with Crippen molar-refractivity contribution in [2.45, 2.75) is 38.6 Å². The second kappa shape index (κ2) is 7.93. The molecule has 0 unspecified atom stereocenters. The number of nitro groups is 1. The first-order valence-corrected chi connectivity index (χ1v) is 7.40. The molecule has 1 aromatic rings. The summed E-state index contributed by atoms with van der Waals surface area (Å²) in [5.41, 5.74) is -0.00953. The third-order valence-corrected chi connectivity index (χ3v) is 3.46. The number of nitrogens with one attached hydrogen (secondary N) is 1. The molecule has 0 aliphatic rings. The minimum atomic E-state index is -0.407. The zero-order valence-corrected chi connectivity index (χ0v) is 12.4. The molecule has 0 bridgehead atoms. The quantitative estimate of drug-likeness (QED) is 0.341. The van der Waals surface area contributed by atoms with Crippen LogP contribution in [0.1, 0.15) is 33.6 Å². The Balaban J connectivity index is 2.86. The first kappa shape index (κ1) is 15.7. The molecule has 1 heterocycles. The Bertz CT molecular complexity index is 426. The maximum atomic E-state index is 11.2. The lowest BCUT2D eigenvalue weighted by atomic mass is 10.2. The highest BCUT2D eigenvalue weighted by Gasteiger charge is 2.22. The Labute approximate surface area is 117 Å². The van der Waals surface area contributed by atoms with Crippen molar-refractivity contribution in [3.05, 3.63) is 16.4 Å². The van der Waals surface area contributed by atoms with Gasteiger partial charge in [-0.05, 0) is 24.5 Å². The van der Waals surface area contributed by atoms with E-state index in [9.17, 15) is 10.1 Å². The van der Waals surface area contributed by atoms with Crippen LogP contribution in [0.3, 0.4) is 0 Å². The molecule has 106 valence electrons. The normalized spacial score (nSPS) is 10.7. The van der Waals surface area contributed by atoms with Crippen molar-refractivity contribution < 1.29 is 4.92 Å². The Morgan fingerprint density at radius 3 is 2.79 bits per heavy atom. The molecule has 1 rings (SSSR count). The molecule has 0 fully saturated rings. The predicted molar refractivity (Wildman–Crippen MR) is 77.6 cm³/mol. The van der Waals surface area contributed by atoms with Crippen LogP contribution in [-0.4, -0.2) is 27.2 Å². The molecule has 7 heteroatoms. The third kappa shape index (κ3) is 5.02. The van der Waals surface area contributed by atoms with E-state index in [0.29, 0.717) is 23.3 Å². The zero-order chi connectivity index (χ0) is 14.3. The van der Waals surface area contributed by atoms with Crippen LogP contribution < -0.4 is 5.32 Å². The van der Waals surface area contributed by atoms with E-state index in [0.717, 1.165) is 18.6 Å². The van der Waals surface area contributed by atoms with E-state index in [1.54, 1.807) is 0 Å². The van der Waals surface area contributed by atoms with Gasteiger partial charge in [-0.15, -0.1) is 0 Å². The molecule has 6 nitrogen and oxygen atoms in total. The number of hydrogen-bond acceptors (Lipinski definition) is 6. The smallest absolute Gasteiger partial charge is 0.343 e. The van der Waals surface area contributed by atoms with Crippen molar-refractivity contribution in [3.63, 3.8) is 0 Å². The molecule has 0 saturated heterocycles. The SMILES string of the molecule is CCCNc1ncnc(SCCC(C)C)c1[N+](=O)[O-]. The fourth-order valence-electron chi connectivity index (χ4n) is 1.40. The molecule has 0 saturated carbocycles.